The number of hydrogen-bond acceptors (Lipinski definition) is 4. The Kier molecular flexibility index (Phi) is 8.88. The normalized spacial score (nSPS) is 9.75. The number of anilines is 2. The number of benzene rings is 1. The second-order valence-corrected chi connectivity index (χ2v) is 5.90. The van der Waals surface area contributed by atoms with Gasteiger partial charge in [-0.2, -0.15) is 0 Å². The maximum atomic E-state index is 11.5. The second kappa shape index (κ2) is 10.7. The monoisotopic (exact) mass is 366 g/mol. The molecule has 0 bridgehead atoms. The number of rotatable bonds is 6. The van der Waals surface area contributed by atoms with Gasteiger partial charge >= 0.3 is 0 Å². The molecule has 1 aromatic rings. The molecule has 0 unspecified atom stereocenters. The van der Waals surface area contributed by atoms with E-state index in [2.05, 4.69) is 21.3 Å². The number of amides is 2. The van der Waals surface area contributed by atoms with Crippen molar-refractivity contribution in [2.24, 2.45) is 0 Å². The molecule has 130 valence electrons. The lowest BCUT2D eigenvalue weighted by Gasteiger charge is -2.12. The molecule has 8 heteroatoms. The minimum Gasteiger partial charge on any atom is -0.332 e. The summed E-state index contributed by atoms with van der Waals surface area (Å²) in [5, 5.41) is 11.6. The van der Waals surface area contributed by atoms with Gasteiger partial charge in [0.25, 0.3) is 0 Å². The third-order valence-electron chi connectivity index (χ3n) is 2.84. The van der Waals surface area contributed by atoms with Gasteiger partial charge in [0.2, 0.25) is 11.8 Å². The smallest absolute Gasteiger partial charge is 0.226 e. The number of hydrogen-bond donors (Lipinski definition) is 4. The zero-order valence-electron chi connectivity index (χ0n) is 13.8. The third-order valence-corrected chi connectivity index (χ3v) is 3.25. The first-order valence-corrected chi connectivity index (χ1v) is 8.58. The summed E-state index contributed by atoms with van der Waals surface area (Å²) in [6, 6.07) is 7.19. The predicted octanol–water partition coefficient (Wildman–Crippen LogP) is 2.91. The van der Waals surface area contributed by atoms with Crippen LogP contribution in [0.25, 0.3) is 0 Å². The summed E-state index contributed by atoms with van der Waals surface area (Å²) >= 11 is 10.2. The average molecular weight is 367 g/mol. The minimum absolute atomic E-state index is 0.121. The van der Waals surface area contributed by atoms with Crippen molar-refractivity contribution in [2.45, 2.75) is 39.5 Å². The summed E-state index contributed by atoms with van der Waals surface area (Å²) in [5.74, 6) is -0.242. The van der Waals surface area contributed by atoms with Gasteiger partial charge in [-0.25, -0.2) is 0 Å². The summed E-state index contributed by atoms with van der Waals surface area (Å²) in [4.78, 5) is 23.0. The summed E-state index contributed by atoms with van der Waals surface area (Å²) in [6.07, 6.45) is 2.37. The molecule has 0 fully saturated rings. The molecule has 0 saturated carbocycles. The molecule has 4 N–H and O–H groups in total. The van der Waals surface area contributed by atoms with Gasteiger partial charge in [-0.15, -0.1) is 0 Å². The Labute approximate surface area is 152 Å². The summed E-state index contributed by atoms with van der Waals surface area (Å²) in [7, 11) is 0. The molecule has 0 aliphatic heterocycles. The van der Waals surface area contributed by atoms with Gasteiger partial charge in [-0.05, 0) is 55.5 Å². The molecule has 0 aliphatic carbocycles. The Balaban J connectivity index is 2.57. The molecule has 0 radical (unpaired) electrons. The van der Waals surface area contributed by atoms with Crippen LogP contribution in [0, 0.1) is 0 Å². The predicted molar refractivity (Wildman–Crippen MR) is 105 cm³/mol. The van der Waals surface area contributed by atoms with Crippen LogP contribution in [0.2, 0.25) is 0 Å². The maximum Gasteiger partial charge on any atom is 0.226 e. The highest BCUT2D eigenvalue weighted by atomic mass is 32.1. The molecule has 0 heterocycles. The topological polar surface area (TPSA) is 82.3 Å². The fourth-order valence-electron chi connectivity index (χ4n) is 1.83. The molecular formula is C16H22N4O2S2. The SMILES string of the molecule is CCCC(=O)NC(=S)Nc1cccc(NC(=S)NC(=O)CCC)c1. The van der Waals surface area contributed by atoms with Crippen molar-refractivity contribution < 1.29 is 9.59 Å². The lowest BCUT2D eigenvalue weighted by molar-refractivity contribution is -0.120. The van der Waals surface area contributed by atoms with E-state index in [9.17, 15) is 9.59 Å². The van der Waals surface area contributed by atoms with Crippen LogP contribution in [0.5, 0.6) is 0 Å². The van der Waals surface area contributed by atoms with E-state index in [4.69, 9.17) is 24.4 Å². The van der Waals surface area contributed by atoms with E-state index in [-0.39, 0.29) is 22.0 Å². The van der Waals surface area contributed by atoms with Gasteiger partial charge in [0, 0.05) is 24.2 Å². The lowest BCUT2D eigenvalue weighted by atomic mass is 10.3. The van der Waals surface area contributed by atoms with Crippen molar-refractivity contribution in [1.82, 2.24) is 10.6 Å². The van der Waals surface area contributed by atoms with E-state index in [1.165, 1.54) is 0 Å². The van der Waals surface area contributed by atoms with Gasteiger partial charge in [0.1, 0.15) is 0 Å². The largest absolute Gasteiger partial charge is 0.332 e. The van der Waals surface area contributed by atoms with Gasteiger partial charge in [0.05, 0.1) is 0 Å². The van der Waals surface area contributed by atoms with Crippen molar-refractivity contribution in [3.05, 3.63) is 24.3 Å². The molecule has 0 aromatic heterocycles. The van der Waals surface area contributed by atoms with E-state index in [1.54, 1.807) is 12.1 Å². The molecule has 0 saturated heterocycles. The molecule has 6 nitrogen and oxygen atoms in total. The first-order chi connectivity index (χ1) is 11.4. The number of carbonyl (C=O) groups excluding carboxylic acids is 2. The van der Waals surface area contributed by atoms with E-state index in [0.29, 0.717) is 24.2 Å². The van der Waals surface area contributed by atoms with Crippen LogP contribution in [0.3, 0.4) is 0 Å². The highest BCUT2D eigenvalue weighted by molar-refractivity contribution is 7.80. The molecule has 1 rings (SSSR count). The van der Waals surface area contributed by atoms with Crippen molar-refractivity contribution in [1.29, 1.82) is 0 Å². The zero-order chi connectivity index (χ0) is 17.9. The Morgan fingerprint density at radius 2 is 1.29 bits per heavy atom. The first-order valence-electron chi connectivity index (χ1n) is 7.76. The highest BCUT2D eigenvalue weighted by Gasteiger charge is 2.06. The van der Waals surface area contributed by atoms with Crippen LogP contribution in [0.1, 0.15) is 39.5 Å². The van der Waals surface area contributed by atoms with Gasteiger partial charge in [-0.1, -0.05) is 19.9 Å². The quantitative estimate of drug-likeness (QED) is 0.580. The molecule has 0 spiro atoms. The average Bonchev–Trinajstić information content (AvgIpc) is 2.47. The zero-order valence-corrected chi connectivity index (χ0v) is 15.4. The van der Waals surface area contributed by atoms with Crippen molar-refractivity contribution in [2.75, 3.05) is 10.6 Å². The highest BCUT2D eigenvalue weighted by Crippen LogP contribution is 2.15. The number of nitrogens with one attached hydrogen (secondary N) is 4. The first kappa shape index (κ1) is 20.0. The van der Waals surface area contributed by atoms with Gasteiger partial charge < -0.3 is 21.3 Å². The molecule has 2 amide bonds. The number of carbonyl (C=O) groups is 2. The van der Waals surface area contributed by atoms with E-state index in [1.807, 2.05) is 26.0 Å². The van der Waals surface area contributed by atoms with Crippen LogP contribution in [-0.4, -0.2) is 22.0 Å². The fraction of sp³-hybridized carbons (Fsp3) is 0.375. The molecule has 0 atom stereocenters. The number of thiocarbonyl (C=S) groups is 2. The standard InChI is InChI=1S/C16H22N4O2S2/c1-3-6-13(21)19-15(23)17-11-8-5-9-12(10-11)18-16(24)20-14(22)7-4-2/h5,8-10H,3-4,6-7H2,1-2H3,(H2,17,19,21,23)(H2,18,20,22,24). The molecule has 24 heavy (non-hydrogen) atoms. The van der Waals surface area contributed by atoms with Crippen LogP contribution in [0.4, 0.5) is 11.4 Å². The Bertz CT molecular complexity index is 571. The molecule has 0 aliphatic rings. The van der Waals surface area contributed by atoms with Gasteiger partial charge in [-0.3, -0.25) is 9.59 Å². The third kappa shape index (κ3) is 7.98. The Hall–Kier alpha value is -2.06. The van der Waals surface area contributed by atoms with Crippen molar-refractivity contribution >= 4 is 57.8 Å². The van der Waals surface area contributed by atoms with Crippen molar-refractivity contribution in [3.63, 3.8) is 0 Å². The fourth-order valence-corrected chi connectivity index (χ4v) is 2.30. The van der Waals surface area contributed by atoms with E-state index >= 15 is 0 Å². The van der Waals surface area contributed by atoms with Crippen molar-refractivity contribution in [3.8, 4) is 0 Å². The lowest BCUT2D eigenvalue weighted by Crippen LogP contribution is -2.34. The second-order valence-electron chi connectivity index (χ2n) is 5.09. The van der Waals surface area contributed by atoms with Crippen LogP contribution in [-0.2, 0) is 9.59 Å². The van der Waals surface area contributed by atoms with E-state index in [0.717, 1.165) is 12.8 Å². The Morgan fingerprint density at radius 1 is 0.875 bits per heavy atom. The summed E-state index contributed by atoms with van der Waals surface area (Å²) < 4.78 is 0. The molecular weight excluding hydrogens is 344 g/mol. The van der Waals surface area contributed by atoms with Gasteiger partial charge in [0.15, 0.2) is 10.2 Å². The minimum atomic E-state index is -0.121. The van der Waals surface area contributed by atoms with Crippen LogP contribution >= 0.6 is 24.4 Å². The maximum absolute atomic E-state index is 11.5. The summed E-state index contributed by atoms with van der Waals surface area (Å²) in [6.45, 7) is 3.85. The van der Waals surface area contributed by atoms with Crippen LogP contribution < -0.4 is 21.3 Å². The van der Waals surface area contributed by atoms with E-state index < -0.39 is 0 Å². The molecule has 1 aromatic carbocycles. The Morgan fingerprint density at radius 3 is 1.67 bits per heavy atom. The van der Waals surface area contributed by atoms with Crippen LogP contribution in [0.15, 0.2) is 24.3 Å². The summed E-state index contributed by atoms with van der Waals surface area (Å²) in [5.41, 5.74) is 1.40.